The summed E-state index contributed by atoms with van der Waals surface area (Å²) in [6.45, 7) is 1.86. The Morgan fingerprint density at radius 3 is 2.80 bits per heavy atom. The van der Waals surface area contributed by atoms with Crippen LogP contribution in [-0.4, -0.2) is 42.4 Å². The maximum Gasteiger partial charge on any atom is 0.335 e. The lowest BCUT2D eigenvalue weighted by Gasteiger charge is -2.14. The Morgan fingerprint density at radius 2 is 2.03 bits per heavy atom. The van der Waals surface area contributed by atoms with Crippen LogP contribution in [-0.2, 0) is 4.79 Å². The number of thioether (sulfide) groups is 1. The van der Waals surface area contributed by atoms with Gasteiger partial charge in [-0.3, -0.25) is 4.79 Å². The predicted molar refractivity (Wildman–Crippen MR) is 116 cm³/mol. The number of aromatic carboxylic acids is 1. The van der Waals surface area contributed by atoms with Crippen LogP contribution in [0.3, 0.4) is 0 Å². The van der Waals surface area contributed by atoms with Crippen LogP contribution < -0.4 is 5.32 Å². The minimum atomic E-state index is -1.10. The first-order chi connectivity index (χ1) is 14.5. The number of carbonyl (C=O) groups is 2. The Kier molecular flexibility index (Phi) is 5.56. The first-order valence-electron chi connectivity index (χ1n) is 9.07. The number of carboxylic acid groups (broad SMARTS) is 1. The Balaban J connectivity index is 1.55. The highest BCUT2D eigenvalue weighted by Gasteiger charge is 2.22. The summed E-state index contributed by atoms with van der Waals surface area (Å²) in [4.78, 5) is 31.6. The number of benzene rings is 2. The normalized spacial score (nSPS) is 12.2. The van der Waals surface area contributed by atoms with Crippen LogP contribution in [0.15, 0.2) is 47.6 Å². The Labute approximate surface area is 180 Å². The first-order valence-corrected chi connectivity index (χ1v) is 10.3. The van der Waals surface area contributed by atoms with E-state index >= 15 is 0 Å². The molecule has 0 spiro atoms. The van der Waals surface area contributed by atoms with E-state index in [4.69, 9.17) is 16.7 Å². The van der Waals surface area contributed by atoms with Crippen molar-refractivity contribution >= 4 is 63.0 Å². The van der Waals surface area contributed by atoms with Gasteiger partial charge >= 0.3 is 5.97 Å². The fourth-order valence-electron chi connectivity index (χ4n) is 2.97. The molecular formula is C20H16ClN5O3S. The summed E-state index contributed by atoms with van der Waals surface area (Å²) < 4.78 is 0. The van der Waals surface area contributed by atoms with Gasteiger partial charge in [-0.15, -0.1) is 10.2 Å². The number of aromatic amines is 1. The molecule has 0 bridgehead atoms. The van der Waals surface area contributed by atoms with Gasteiger partial charge < -0.3 is 15.4 Å². The van der Waals surface area contributed by atoms with Crippen LogP contribution in [0.25, 0.3) is 22.1 Å². The number of hydrogen-bond donors (Lipinski definition) is 3. The van der Waals surface area contributed by atoms with Crippen molar-refractivity contribution < 1.29 is 14.7 Å². The third-order valence-electron chi connectivity index (χ3n) is 4.48. The summed E-state index contributed by atoms with van der Waals surface area (Å²) in [5.74, 6) is -1.43. The number of nitrogens with one attached hydrogen (secondary N) is 2. The lowest BCUT2D eigenvalue weighted by atomic mass is 10.2. The molecule has 0 saturated carbocycles. The number of fused-ring (bicyclic) bond motifs is 3. The molecule has 0 aliphatic rings. The van der Waals surface area contributed by atoms with Gasteiger partial charge in [0.1, 0.15) is 5.52 Å². The number of para-hydroxylation sites is 1. The zero-order chi connectivity index (χ0) is 21.3. The second-order valence-electron chi connectivity index (χ2n) is 6.47. The zero-order valence-corrected chi connectivity index (χ0v) is 17.3. The highest BCUT2D eigenvalue weighted by Crippen LogP contribution is 2.28. The smallest absolute Gasteiger partial charge is 0.335 e. The van der Waals surface area contributed by atoms with Crippen molar-refractivity contribution in [2.24, 2.45) is 0 Å². The van der Waals surface area contributed by atoms with Gasteiger partial charge in [0.25, 0.3) is 0 Å². The van der Waals surface area contributed by atoms with Crippen LogP contribution in [0.5, 0.6) is 0 Å². The van der Waals surface area contributed by atoms with Crippen molar-refractivity contribution in [1.29, 1.82) is 0 Å². The molecule has 1 amide bonds. The summed E-state index contributed by atoms with van der Waals surface area (Å²) in [5, 5.41) is 21.3. The molecule has 30 heavy (non-hydrogen) atoms. The van der Waals surface area contributed by atoms with Gasteiger partial charge in [0, 0.05) is 10.9 Å². The number of amides is 1. The SMILES string of the molecule is CCC(Sc1nnc2c(n1)[nH]c1ccccc12)C(=O)Nc1cc(C(=O)O)ccc1Cl. The van der Waals surface area contributed by atoms with Gasteiger partial charge in [0.05, 0.1) is 21.5 Å². The molecule has 2 heterocycles. The van der Waals surface area contributed by atoms with Gasteiger partial charge in [-0.2, -0.15) is 0 Å². The number of halogens is 1. The maximum absolute atomic E-state index is 12.8. The minimum absolute atomic E-state index is 0.0344. The summed E-state index contributed by atoms with van der Waals surface area (Å²) in [7, 11) is 0. The molecule has 4 rings (SSSR count). The van der Waals surface area contributed by atoms with Crippen LogP contribution in [0.4, 0.5) is 5.69 Å². The Morgan fingerprint density at radius 1 is 1.23 bits per heavy atom. The average Bonchev–Trinajstić information content (AvgIpc) is 3.11. The van der Waals surface area contributed by atoms with Crippen molar-refractivity contribution in [3.63, 3.8) is 0 Å². The summed E-state index contributed by atoms with van der Waals surface area (Å²) in [5.41, 5.74) is 2.46. The molecule has 10 heteroatoms. The van der Waals surface area contributed by atoms with E-state index in [1.807, 2.05) is 31.2 Å². The van der Waals surface area contributed by atoms with Crippen molar-refractivity contribution in [2.75, 3.05) is 5.32 Å². The second-order valence-corrected chi connectivity index (χ2v) is 8.04. The average molecular weight is 442 g/mol. The number of H-pyrrole nitrogens is 1. The number of anilines is 1. The van der Waals surface area contributed by atoms with E-state index in [0.717, 1.165) is 10.9 Å². The van der Waals surface area contributed by atoms with E-state index < -0.39 is 11.2 Å². The van der Waals surface area contributed by atoms with Gasteiger partial charge in [-0.1, -0.05) is 48.5 Å². The van der Waals surface area contributed by atoms with E-state index in [9.17, 15) is 9.59 Å². The topological polar surface area (TPSA) is 121 Å². The van der Waals surface area contributed by atoms with Gasteiger partial charge in [-0.05, 0) is 30.7 Å². The molecule has 0 aliphatic carbocycles. The molecule has 0 radical (unpaired) electrons. The highest BCUT2D eigenvalue weighted by atomic mass is 35.5. The van der Waals surface area contributed by atoms with Crippen molar-refractivity contribution in [2.45, 2.75) is 23.8 Å². The molecular weight excluding hydrogens is 426 g/mol. The maximum atomic E-state index is 12.8. The lowest BCUT2D eigenvalue weighted by Crippen LogP contribution is -2.25. The van der Waals surface area contributed by atoms with E-state index in [2.05, 4.69) is 25.5 Å². The molecule has 2 aromatic heterocycles. The molecule has 2 aromatic carbocycles. The Hall–Kier alpha value is -3.17. The fourth-order valence-corrected chi connectivity index (χ4v) is 3.96. The molecule has 8 nitrogen and oxygen atoms in total. The van der Waals surface area contributed by atoms with Crippen LogP contribution in [0, 0.1) is 0 Å². The van der Waals surface area contributed by atoms with Crippen molar-refractivity contribution in [3.8, 4) is 0 Å². The molecule has 3 N–H and O–H groups in total. The molecule has 0 fully saturated rings. The van der Waals surface area contributed by atoms with E-state index in [1.165, 1.54) is 30.0 Å². The third kappa shape index (κ3) is 3.94. The summed E-state index contributed by atoms with van der Waals surface area (Å²) in [6, 6.07) is 11.9. The number of nitrogens with zero attached hydrogens (tertiary/aromatic N) is 3. The predicted octanol–water partition coefficient (Wildman–Crippen LogP) is 4.37. The number of rotatable bonds is 6. The first kappa shape index (κ1) is 20.1. The standard InChI is InChI=1S/C20H16ClN5O3S/c1-2-15(18(27)23-14-9-10(19(28)29)7-8-12(14)21)30-20-24-17-16(25-26-20)11-5-3-4-6-13(11)22-17/h3-9,15H,2H2,1H3,(H,23,27)(H,28,29)(H,22,24,26). The second kappa shape index (κ2) is 8.29. The molecule has 1 atom stereocenters. The van der Waals surface area contributed by atoms with Crippen LogP contribution >= 0.6 is 23.4 Å². The fraction of sp³-hybridized carbons (Fsp3) is 0.150. The van der Waals surface area contributed by atoms with Crippen LogP contribution in [0.2, 0.25) is 5.02 Å². The highest BCUT2D eigenvalue weighted by molar-refractivity contribution is 8.00. The number of aromatic nitrogens is 4. The number of hydrogen-bond acceptors (Lipinski definition) is 6. The monoisotopic (exact) mass is 441 g/mol. The number of carboxylic acids is 1. The third-order valence-corrected chi connectivity index (χ3v) is 6.03. The van der Waals surface area contributed by atoms with Crippen molar-refractivity contribution in [3.05, 3.63) is 53.1 Å². The molecule has 0 aliphatic heterocycles. The summed E-state index contributed by atoms with van der Waals surface area (Å²) in [6.07, 6.45) is 0.501. The molecule has 1 unspecified atom stereocenters. The van der Waals surface area contributed by atoms with E-state index in [-0.39, 0.29) is 22.2 Å². The minimum Gasteiger partial charge on any atom is -0.478 e. The number of carbonyl (C=O) groups excluding carboxylic acids is 1. The van der Waals surface area contributed by atoms with Crippen molar-refractivity contribution in [1.82, 2.24) is 20.2 Å². The molecule has 4 aromatic rings. The zero-order valence-electron chi connectivity index (χ0n) is 15.7. The van der Waals surface area contributed by atoms with Gasteiger partial charge in [0.2, 0.25) is 11.1 Å². The van der Waals surface area contributed by atoms with Gasteiger partial charge in [-0.25, -0.2) is 9.78 Å². The van der Waals surface area contributed by atoms with E-state index in [1.54, 1.807) is 0 Å². The van der Waals surface area contributed by atoms with Gasteiger partial charge in [0.15, 0.2) is 5.65 Å². The van der Waals surface area contributed by atoms with E-state index in [0.29, 0.717) is 22.7 Å². The lowest BCUT2D eigenvalue weighted by molar-refractivity contribution is -0.115. The molecule has 152 valence electrons. The van der Waals surface area contributed by atoms with Crippen LogP contribution in [0.1, 0.15) is 23.7 Å². The Bertz CT molecular complexity index is 1280. The largest absolute Gasteiger partial charge is 0.478 e. The quantitative estimate of drug-likeness (QED) is 0.380. The summed E-state index contributed by atoms with van der Waals surface area (Å²) >= 11 is 7.28. The molecule has 0 saturated heterocycles.